The summed E-state index contributed by atoms with van der Waals surface area (Å²) in [4.78, 5) is 28.9. The monoisotopic (exact) mass is 377 g/mol. The molecule has 2 N–H and O–H groups in total. The molecule has 0 aliphatic rings. The quantitative estimate of drug-likeness (QED) is 0.540. The van der Waals surface area contributed by atoms with Crippen molar-refractivity contribution in [3.8, 4) is 0 Å². The predicted molar refractivity (Wildman–Crippen MR) is 105 cm³/mol. The molecule has 4 aromatic rings. The molecule has 0 saturated heterocycles. The summed E-state index contributed by atoms with van der Waals surface area (Å²) in [6, 6.07) is 16.1. The van der Waals surface area contributed by atoms with Crippen molar-refractivity contribution in [2.75, 3.05) is 10.6 Å². The van der Waals surface area contributed by atoms with Crippen LogP contribution in [0.4, 0.5) is 10.8 Å². The van der Waals surface area contributed by atoms with Gasteiger partial charge in [0.15, 0.2) is 10.9 Å². The van der Waals surface area contributed by atoms with Crippen LogP contribution in [0, 0.1) is 6.92 Å². The maximum absolute atomic E-state index is 12.5. The van der Waals surface area contributed by atoms with E-state index in [4.69, 9.17) is 4.42 Å². The highest BCUT2D eigenvalue weighted by atomic mass is 32.1. The number of thiazole rings is 1. The minimum Gasteiger partial charge on any atom is -0.459 e. The zero-order chi connectivity index (χ0) is 18.8. The van der Waals surface area contributed by atoms with Gasteiger partial charge in [0.1, 0.15) is 0 Å². The molecule has 0 saturated carbocycles. The maximum Gasteiger partial charge on any atom is 0.293 e. The molecule has 0 radical (unpaired) electrons. The molecule has 2 amide bonds. The van der Waals surface area contributed by atoms with Gasteiger partial charge in [-0.1, -0.05) is 29.5 Å². The Morgan fingerprint density at radius 2 is 1.85 bits per heavy atom. The second-order valence-electron chi connectivity index (χ2n) is 5.90. The minimum atomic E-state index is -0.355. The summed E-state index contributed by atoms with van der Waals surface area (Å²) >= 11 is 1.33. The number of amides is 2. The van der Waals surface area contributed by atoms with Crippen LogP contribution in [0.1, 0.15) is 26.5 Å². The van der Waals surface area contributed by atoms with E-state index in [0.717, 1.165) is 15.8 Å². The second kappa shape index (κ2) is 7.05. The number of benzene rings is 2. The van der Waals surface area contributed by atoms with Gasteiger partial charge in [0.25, 0.3) is 11.8 Å². The van der Waals surface area contributed by atoms with Crippen molar-refractivity contribution in [1.82, 2.24) is 4.98 Å². The van der Waals surface area contributed by atoms with Gasteiger partial charge in [0.2, 0.25) is 0 Å². The van der Waals surface area contributed by atoms with E-state index in [-0.39, 0.29) is 17.6 Å². The predicted octanol–water partition coefficient (Wildman–Crippen LogP) is 4.70. The van der Waals surface area contributed by atoms with Crippen molar-refractivity contribution in [3.63, 3.8) is 0 Å². The van der Waals surface area contributed by atoms with E-state index in [0.29, 0.717) is 16.4 Å². The summed E-state index contributed by atoms with van der Waals surface area (Å²) in [6.07, 6.45) is 1.44. The van der Waals surface area contributed by atoms with Crippen molar-refractivity contribution in [2.45, 2.75) is 6.92 Å². The Hall–Kier alpha value is -3.45. The number of hydrogen-bond acceptors (Lipinski definition) is 5. The van der Waals surface area contributed by atoms with Gasteiger partial charge in [0, 0.05) is 11.3 Å². The van der Waals surface area contributed by atoms with Crippen LogP contribution in [-0.4, -0.2) is 16.8 Å². The standard InChI is InChI=1S/C20H15N3O3S/c1-12-5-2-3-6-14(12)18(24)21-13-8-9-15-17(11-13)27-20(22-15)23-19(25)16-7-4-10-26-16/h2-11H,1H3,(H,21,24)(H,22,23,25). The van der Waals surface area contributed by atoms with Gasteiger partial charge in [-0.25, -0.2) is 4.98 Å². The maximum atomic E-state index is 12.5. The number of carbonyl (C=O) groups excluding carboxylic acids is 2. The fourth-order valence-electron chi connectivity index (χ4n) is 2.65. The third-order valence-corrected chi connectivity index (χ3v) is 4.94. The highest BCUT2D eigenvalue weighted by Gasteiger charge is 2.13. The number of furan rings is 1. The van der Waals surface area contributed by atoms with Crippen LogP contribution in [-0.2, 0) is 0 Å². The van der Waals surface area contributed by atoms with E-state index in [2.05, 4.69) is 15.6 Å². The number of fused-ring (bicyclic) bond motifs is 1. The molecule has 134 valence electrons. The van der Waals surface area contributed by atoms with E-state index in [1.165, 1.54) is 17.6 Å². The normalized spacial score (nSPS) is 10.7. The topological polar surface area (TPSA) is 84.2 Å². The van der Waals surface area contributed by atoms with E-state index in [1.54, 1.807) is 24.3 Å². The molecule has 27 heavy (non-hydrogen) atoms. The van der Waals surface area contributed by atoms with Crippen LogP contribution < -0.4 is 10.6 Å². The van der Waals surface area contributed by atoms with E-state index in [9.17, 15) is 9.59 Å². The molecule has 0 bridgehead atoms. The molecular formula is C20H15N3O3S. The Labute approximate surface area is 158 Å². The van der Waals surface area contributed by atoms with Crippen molar-refractivity contribution < 1.29 is 14.0 Å². The van der Waals surface area contributed by atoms with E-state index in [1.807, 2.05) is 37.3 Å². The summed E-state index contributed by atoms with van der Waals surface area (Å²) in [5, 5.41) is 6.08. The number of aryl methyl sites for hydroxylation is 1. The Balaban J connectivity index is 1.53. The fourth-order valence-corrected chi connectivity index (χ4v) is 3.55. The van der Waals surface area contributed by atoms with Crippen LogP contribution in [0.3, 0.4) is 0 Å². The fraction of sp³-hybridized carbons (Fsp3) is 0.0500. The van der Waals surface area contributed by atoms with Crippen molar-refractivity contribution in [2.24, 2.45) is 0 Å². The third-order valence-electron chi connectivity index (χ3n) is 4.00. The van der Waals surface area contributed by atoms with Gasteiger partial charge in [0.05, 0.1) is 16.5 Å². The highest BCUT2D eigenvalue weighted by Crippen LogP contribution is 2.29. The minimum absolute atomic E-state index is 0.164. The van der Waals surface area contributed by atoms with Gasteiger partial charge in [-0.2, -0.15) is 0 Å². The van der Waals surface area contributed by atoms with Gasteiger partial charge in [-0.05, 0) is 48.9 Å². The lowest BCUT2D eigenvalue weighted by molar-refractivity contribution is 0.0994. The number of aromatic nitrogens is 1. The largest absolute Gasteiger partial charge is 0.459 e. The lowest BCUT2D eigenvalue weighted by atomic mass is 10.1. The molecule has 0 spiro atoms. The van der Waals surface area contributed by atoms with Gasteiger partial charge in [-0.3, -0.25) is 14.9 Å². The SMILES string of the molecule is Cc1ccccc1C(=O)Nc1ccc2nc(NC(=O)c3ccco3)sc2c1. The third kappa shape index (κ3) is 3.58. The van der Waals surface area contributed by atoms with Gasteiger partial charge in [-0.15, -0.1) is 0 Å². The first-order valence-electron chi connectivity index (χ1n) is 8.22. The van der Waals surface area contributed by atoms with Crippen molar-refractivity contribution in [1.29, 1.82) is 0 Å². The average Bonchev–Trinajstić information content (AvgIpc) is 3.31. The van der Waals surface area contributed by atoms with Crippen LogP contribution in [0.25, 0.3) is 10.2 Å². The summed E-state index contributed by atoms with van der Waals surface area (Å²) in [5.74, 6) is -0.295. The van der Waals surface area contributed by atoms with E-state index >= 15 is 0 Å². The summed E-state index contributed by atoms with van der Waals surface area (Å²) < 4.78 is 5.93. The van der Waals surface area contributed by atoms with Gasteiger partial charge < -0.3 is 9.73 Å². The zero-order valence-electron chi connectivity index (χ0n) is 14.4. The first-order chi connectivity index (χ1) is 13.1. The molecule has 0 aliphatic carbocycles. The lowest BCUT2D eigenvalue weighted by Crippen LogP contribution is -2.13. The van der Waals surface area contributed by atoms with E-state index < -0.39 is 0 Å². The summed E-state index contributed by atoms with van der Waals surface area (Å²) in [6.45, 7) is 1.90. The first-order valence-corrected chi connectivity index (χ1v) is 9.04. The van der Waals surface area contributed by atoms with Crippen LogP contribution in [0.5, 0.6) is 0 Å². The van der Waals surface area contributed by atoms with Gasteiger partial charge >= 0.3 is 0 Å². The van der Waals surface area contributed by atoms with Crippen LogP contribution in [0.15, 0.2) is 65.3 Å². The molecule has 0 unspecified atom stereocenters. The Bertz CT molecular complexity index is 1130. The molecule has 2 aromatic carbocycles. The average molecular weight is 377 g/mol. The molecule has 7 heteroatoms. The van der Waals surface area contributed by atoms with Crippen LogP contribution in [0.2, 0.25) is 0 Å². The molecule has 2 heterocycles. The number of nitrogens with one attached hydrogen (secondary N) is 2. The smallest absolute Gasteiger partial charge is 0.293 e. The number of hydrogen-bond donors (Lipinski definition) is 2. The molecule has 0 fully saturated rings. The molecule has 6 nitrogen and oxygen atoms in total. The molecule has 2 aromatic heterocycles. The zero-order valence-corrected chi connectivity index (χ0v) is 15.2. The summed E-state index contributed by atoms with van der Waals surface area (Å²) in [5.41, 5.74) is 2.96. The van der Waals surface area contributed by atoms with Crippen LogP contribution >= 0.6 is 11.3 Å². The molecule has 0 aliphatic heterocycles. The van der Waals surface area contributed by atoms with Crippen molar-refractivity contribution >= 4 is 44.2 Å². The first kappa shape index (κ1) is 17.0. The number of rotatable bonds is 4. The number of anilines is 2. The number of carbonyl (C=O) groups is 2. The molecule has 0 atom stereocenters. The summed E-state index contributed by atoms with van der Waals surface area (Å²) in [7, 11) is 0. The van der Waals surface area contributed by atoms with Crippen molar-refractivity contribution in [3.05, 3.63) is 77.7 Å². The Kier molecular flexibility index (Phi) is 4.43. The second-order valence-corrected chi connectivity index (χ2v) is 6.93. The number of nitrogens with zero attached hydrogens (tertiary/aromatic N) is 1. The Morgan fingerprint density at radius 3 is 2.63 bits per heavy atom. The Morgan fingerprint density at radius 1 is 1.00 bits per heavy atom. The molecule has 4 rings (SSSR count). The highest BCUT2D eigenvalue weighted by molar-refractivity contribution is 7.22. The lowest BCUT2D eigenvalue weighted by Gasteiger charge is -2.07. The molecular weight excluding hydrogens is 362 g/mol.